The maximum absolute atomic E-state index is 10.5. The topological polar surface area (TPSA) is 86.8 Å². The van der Waals surface area contributed by atoms with Crippen LogP contribution in [0.15, 0.2) is 30.5 Å². The van der Waals surface area contributed by atoms with Crippen molar-refractivity contribution < 1.29 is 19.3 Å². The van der Waals surface area contributed by atoms with Crippen molar-refractivity contribution in [3.05, 3.63) is 41.6 Å². The van der Waals surface area contributed by atoms with E-state index in [2.05, 4.69) is 4.98 Å². The Hall–Kier alpha value is -2.47. The number of methoxy groups -OCH3 is 1. The van der Waals surface area contributed by atoms with Crippen LogP contribution in [0.2, 0.25) is 0 Å². The lowest BCUT2D eigenvalue weighted by Gasteiger charge is -2.15. The maximum Gasteiger partial charge on any atom is 0.231 e. The number of ether oxygens (including phenoxy) is 3. The van der Waals surface area contributed by atoms with Crippen molar-refractivity contribution in [2.75, 3.05) is 19.6 Å². The maximum atomic E-state index is 10.5. The molecule has 0 saturated carbocycles. The molecule has 0 amide bonds. The second kappa shape index (κ2) is 4.90. The number of nitrogens with two attached hydrogens (primary N) is 1. The van der Waals surface area contributed by atoms with Crippen LogP contribution in [-0.2, 0) is 0 Å². The van der Waals surface area contributed by atoms with Crippen LogP contribution in [0.3, 0.4) is 0 Å². The van der Waals surface area contributed by atoms with Crippen molar-refractivity contribution in [1.29, 1.82) is 0 Å². The average Bonchev–Trinajstić information content (AvgIpc) is 2.94. The molecule has 1 aromatic heterocycles. The summed E-state index contributed by atoms with van der Waals surface area (Å²) in [6, 6.07) is 6.86. The van der Waals surface area contributed by atoms with Crippen molar-refractivity contribution in [3.8, 4) is 17.2 Å². The number of hydrogen-bond acceptors (Lipinski definition) is 6. The van der Waals surface area contributed by atoms with Gasteiger partial charge in [-0.2, -0.15) is 0 Å². The van der Waals surface area contributed by atoms with Gasteiger partial charge in [0.05, 0.1) is 7.11 Å². The van der Waals surface area contributed by atoms with Crippen molar-refractivity contribution in [1.82, 2.24) is 4.98 Å². The monoisotopic (exact) mass is 274 g/mol. The van der Waals surface area contributed by atoms with Crippen LogP contribution in [0.25, 0.3) is 0 Å². The van der Waals surface area contributed by atoms with Gasteiger partial charge in [0, 0.05) is 11.8 Å². The van der Waals surface area contributed by atoms with Gasteiger partial charge >= 0.3 is 0 Å². The third-order valence-electron chi connectivity index (χ3n) is 3.16. The van der Waals surface area contributed by atoms with Crippen LogP contribution in [-0.4, -0.2) is 24.0 Å². The Morgan fingerprint density at radius 1 is 1.40 bits per heavy atom. The van der Waals surface area contributed by atoms with Crippen LogP contribution in [0.5, 0.6) is 17.2 Å². The van der Waals surface area contributed by atoms with Gasteiger partial charge in [-0.15, -0.1) is 0 Å². The van der Waals surface area contributed by atoms with Gasteiger partial charge in [-0.05, 0) is 23.8 Å². The van der Waals surface area contributed by atoms with Gasteiger partial charge in [0.25, 0.3) is 0 Å². The van der Waals surface area contributed by atoms with E-state index < -0.39 is 6.10 Å². The van der Waals surface area contributed by atoms with E-state index in [-0.39, 0.29) is 12.6 Å². The standard InChI is InChI=1S/C14H14N2O4/c1-18-10-5-8(6-11-13(10)20-7-19-11)12(17)9-3-2-4-16-14(9)15/h2-6,12,17H,7H2,1H3,(H2,15,16). The fraction of sp³-hybridized carbons (Fsp3) is 0.214. The number of hydrogen-bond donors (Lipinski definition) is 2. The van der Waals surface area contributed by atoms with E-state index in [1.807, 2.05) is 0 Å². The lowest BCUT2D eigenvalue weighted by Crippen LogP contribution is -2.05. The average molecular weight is 274 g/mol. The normalized spacial score (nSPS) is 14.1. The van der Waals surface area contributed by atoms with Crippen molar-refractivity contribution >= 4 is 5.82 Å². The molecule has 0 saturated heterocycles. The Kier molecular flexibility index (Phi) is 3.08. The highest BCUT2D eigenvalue weighted by atomic mass is 16.7. The second-order valence-electron chi connectivity index (χ2n) is 4.34. The largest absolute Gasteiger partial charge is 0.493 e. The molecule has 6 heteroatoms. The van der Waals surface area contributed by atoms with Crippen LogP contribution >= 0.6 is 0 Å². The quantitative estimate of drug-likeness (QED) is 0.881. The molecule has 1 aliphatic rings. The third-order valence-corrected chi connectivity index (χ3v) is 3.16. The SMILES string of the molecule is COc1cc(C(O)c2cccnc2N)cc2c1OCO2. The molecule has 3 N–H and O–H groups in total. The van der Waals surface area contributed by atoms with E-state index in [1.165, 1.54) is 7.11 Å². The zero-order valence-electron chi connectivity index (χ0n) is 10.9. The molecule has 20 heavy (non-hydrogen) atoms. The van der Waals surface area contributed by atoms with Crippen LogP contribution in [0, 0.1) is 0 Å². The molecular weight excluding hydrogens is 260 g/mol. The predicted octanol–water partition coefficient (Wildman–Crippen LogP) is 1.48. The fourth-order valence-electron chi connectivity index (χ4n) is 2.15. The molecule has 6 nitrogen and oxygen atoms in total. The molecule has 1 aliphatic heterocycles. The first-order chi connectivity index (χ1) is 9.70. The van der Waals surface area contributed by atoms with Crippen LogP contribution in [0.4, 0.5) is 5.82 Å². The summed E-state index contributed by atoms with van der Waals surface area (Å²) in [5.74, 6) is 1.89. The molecule has 1 unspecified atom stereocenters. The van der Waals surface area contributed by atoms with Crippen molar-refractivity contribution in [2.24, 2.45) is 0 Å². The Morgan fingerprint density at radius 2 is 2.25 bits per heavy atom. The highest BCUT2D eigenvalue weighted by Crippen LogP contribution is 2.43. The summed E-state index contributed by atoms with van der Waals surface area (Å²) in [6.45, 7) is 0.139. The number of benzene rings is 1. The number of nitrogens with zero attached hydrogens (tertiary/aromatic N) is 1. The van der Waals surface area contributed by atoms with Crippen molar-refractivity contribution in [2.45, 2.75) is 6.10 Å². The van der Waals surface area contributed by atoms with Gasteiger partial charge in [0.2, 0.25) is 12.5 Å². The summed E-state index contributed by atoms with van der Waals surface area (Å²) in [5.41, 5.74) is 6.92. The smallest absolute Gasteiger partial charge is 0.231 e. The second-order valence-corrected chi connectivity index (χ2v) is 4.34. The Bertz CT molecular complexity index is 645. The molecule has 0 radical (unpaired) electrons. The summed E-state index contributed by atoms with van der Waals surface area (Å²) in [6.07, 6.45) is 0.665. The van der Waals surface area contributed by atoms with Crippen molar-refractivity contribution in [3.63, 3.8) is 0 Å². The number of aromatic nitrogens is 1. The lowest BCUT2D eigenvalue weighted by atomic mass is 10.0. The molecule has 3 rings (SSSR count). The zero-order valence-corrected chi connectivity index (χ0v) is 10.9. The Labute approximate surface area is 115 Å². The number of aliphatic hydroxyl groups excluding tert-OH is 1. The van der Waals surface area contributed by atoms with Gasteiger partial charge in [-0.1, -0.05) is 6.07 Å². The molecule has 0 fully saturated rings. The summed E-state index contributed by atoms with van der Waals surface area (Å²) in [4.78, 5) is 3.97. The number of anilines is 1. The van der Waals surface area contributed by atoms with Gasteiger partial charge in [0.1, 0.15) is 11.9 Å². The first-order valence-corrected chi connectivity index (χ1v) is 6.06. The highest BCUT2D eigenvalue weighted by molar-refractivity contribution is 5.57. The van der Waals surface area contributed by atoms with E-state index in [9.17, 15) is 5.11 Å². The number of fused-ring (bicyclic) bond motifs is 1. The summed E-state index contributed by atoms with van der Waals surface area (Å²) >= 11 is 0. The number of nitrogen functional groups attached to an aromatic ring is 1. The van der Waals surface area contributed by atoms with Gasteiger partial charge < -0.3 is 25.1 Å². The molecule has 0 bridgehead atoms. The summed E-state index contributed by atoms with van der Waals surface area (Å²) in [5, 5.41) is 10.5. The van der Waals surface area contributed by atoms with Gasteiger partial charge in [-0.25, -0.2) is 4.98 Å². The minimum Gasteiger partial charge on any atom is -0.493 e. The Morgan fingerprint density at radius 3 is 3.00 bits per heavy atom. The molecule has 2 aromatic rings. The minimum absolute atomic E-state index is 0.139. The molecule has 2 heterocycles. The highest BCUT2D eigenvalue weighted by Gasteiger charge is 2.23. The number of pyridine rings is 1. The third kappa shape index (κ3) is 2.00. The van der Waals surface area contributed by atoms with Crippen LogP contribution in [0.1, 0.15) is 17.2 Å². The van der Waals surface area contributed by atoms with E-state index in [4.69, 9.17) is 19.9 Å². The fourth-order valence-corrected chi connectivity index (χ4v) is 2.15. The van der Waals surface area contributed by atoms with Gasteiger partial charge in [0.15, 0.2) is 11.5 Å². The van der Waals surface area contributed by atoms with Gasteiger partial charge in [-0.3, -0.25) is 0 Å². The van der Waals surface area contributed by atoms with Crippen LogP contribution < -0.4 is 19.9 Å². The summed E-state index contributed by atoms with van der Waals surface area (Å²) in [7, 11) is 1.53. The zero-order chi connectivity index (χ0) is 14.1. The molecule has 1 aromatic carbocycles. The molecular formula is C14H14N2O4. The van der Waals surface area contributed by atoms with E-state index >= 15 is 0 Å². The summed E-state index contributed by atoms with van der Waals surface area (Å²) < 4.78 is 15.9. The number of aliphatic hydroxyl groups is 1. The lowest BCUT2D eigenvalue weighted by molar-refractivity contribution is 0.171. The molecule has 1 atom stereocenters. The number of rotatable bonds is 3. The molecule has 0 spiro atoms. The van der Waals surface area contributed by atoms with E-state index in [1.54, 1.807) is 30.5 Å². The predicted molar refractivity (Wildman–Crippen MR) is 71.8 cm³/mol. The minimum atomic E-state index is -0.910. The van der Waals surface area contributed by atoms with E-state index in [0.717, 1.165) is 0 Å². The van der Waals surface area contributed by atoms with E-state index in [0.29, 0.717) is 28.4 Å². The first-order valence-electron chi connectivity index (χ1n) is 6.06. The Balaban J connectivity index is 2.04. The first kappa shape index (κ1) is 12.6. The molecule has 104 valence electrons. The molecule has 0 aliphatic carbocycles.